The first-order valence-corrected chi connectivity index (χ1v) is 14.4. The summed E-state index contributed by atoms with van der Waals surface area (Å²) < 4.78 is 12.7. The molecular formula is C39H27NO2. The highest BCUT2D eigenvalue weighted by Crippen LogP contribution is 2.52. The molecule has 6 aromatic carbocycles. The van der Waals surface area contributed by atoms with Crippen LogP contribution in [0.5, 0.6) is 0 Å². The number of anilines is 3. The Hall–Kier alpha value is -5.28. The van der Waals surface area contributed by atoms with E-state index in [1.165, 1.54) is 22.3 Å². The Bertz CT molecular complexity index is 2240. The first-order chi connectivity index (χ1) is 20.6. The third kappa shape index (κ3) is 3.11. The number of nitrogens with zero attached hydrogens (tertiary/aromatic N) is 1. The van der Waals surface area contributed by atoms with Gasteiger partial charge in [0.15, 0.2) is 0 Å². The zero-order valence-corrected chi connectivity index (χ0v) is 23.4. The van der Waals surface area contributed by atoms with Crippen LogP contribution in [0.4, 0.5) is 17.1 Å². The van der Waals surface area contributed by atoms with Crippen LogP contribution in [0, 0.1) is 0 Å². The van der Waals surface area contributed by atoms with Gasteiger partial charge in [0.1, 0.15) is 22.3 Å². The van der Waals surface area contributed by atoms with Crippen molar-refractivity contribution in [2.45, 2.75) is 19.3 Å². The third-order valence-electron chi connectivity index (χ3n) is 9.07. The second-order valence-corrected chi connectivity index (χ2v) is 11.7. The summed E-state index contributed by atoms with van der Waals surface area (Å²) in [5, 5.41) is 4.40. The molecule has 2 heterocycles. The molecule has 0 bridgehead atoms. The van der Waals surface area contributed by atoms with Crippen molar-refractivity contribution in [1.82, 2.24) is 0 Å². The Kier molecular flexibility index (Phi) is 4.67. The summed E-state index contributed by atoms with van der Waals surface area (Å²) in [6, 6.07) is 45.1. The maximum absolute atomic E-state index is 6.36. The fourth-order valence-electron chi connectivity index (χ4n) is 7.12. The summed E-state index contributed by atoms with van der Waals surface area (Å²) in [4.78, 5) is 2.40. The zero-order chi connectivity index (χ0) is 28.0. The Morgan fingerprint density at radius 3 is 1.64 bits per heavy atom. The van der Waals surface area contributed by atoms with Gasteiger partial charge < -0.3 is 13.7 Å². The van der Waals surface area contributed by atoms with Gasteiger partial charge in [0.2, 0.25) is 0 Å². The van der Waals surface area contributed by atoms with Gasteiger partial charge in [-0.05, 0) is 70.8 Å². The molecule has 0 saturated carbocycles. The van der Waals surface area contributed by atoms with Crippen LogP contribution in [0.25, 0.3) is 55.0 Å². The van der Waals surface area contributed by atoms with Gasteiger partial charge in [-0.15, -0.1) is 0 Å². The van der Waals surface area contributed by atoms with E-state index >= 15 is 0 Å². The Balaban J connectivity index is 1.39. The van der Waals surface area contributed by atoms with Gasteiger partial charge >= 0.3 is 0 Å². The lowest BCUT2D eigenvalue weighted by atomic mass is 9.82. The first kappa shape index (κ1) is 23.4. The molecule has 0 unspecified atom stereocenters. The van der Waals surface area contributed by atoms with E-state index in [0.717, 1.165) is 60.9 Å². The fraction of sp³-hybridized carbons (Fsp3) is 0.0769. The van der Waals surface area contributed by atoms with Crippen molar-refractivity contribution in [3.05, 3.63) is 139 Å². The summed E-state index contributed by atoms with van der Waals surface area (Å²) >= 11 is 0. The average Bonchev–Trinajstić information content (AvgIpc) is 3.66. The highest BCUT2D eigenvalue weighted by molar-refractivity contribution is 6.17. The van der Waals surface area contributed by atoms with Crippen LogP contribution in [0.15, 0.2) is 136 Å². The number of furan rings is 2. The minimum Gasteiger partial charge on any atom is -0.456 e. The lowest BCUT2D eigenvalue weighted by molar-refractivity contribution is 0.660. The number of hydrogen-bond acceptors (Lipinski definition) is 3. The molecule has 3 heteroatoms. The van der Waals surface area contributed by atoms with Gasteiger partial charge in [0, 0.05) is 21.9 Å². The van der Waals surface area contributed by atoms with Crippen LogP contribution in [-0.2, 0) is 5.41 Å². The smallest absolute Gasteiger partial charge is 0.137 e. The highest BCUT2D eigenvalue weighted by Gasteiger charge is 2.36. The van der Waals surface area contributed by atoms with Crippen LogP contribution in [0.1, 0.15) is 25.0 Å². The molecule has 8 aromatic rings. The van der Waals surface area contributed by atoms with Crippen LogP contribution < -0.4 is 4.90 Å². The van der Waals surface area contributed by atoms with Gasteiger partial charge in [-0.2, -0.15) is 0 Å². The predicted octanol–water partition coefficient (Wildman–Crippen LogP) is 11.3. The minimum atomic E-state index is -0.115. The number of para-hydroxylation sites is 2. The van der Waals surface area contributed by atoms with Crippen LogP contribution in [0.3, 0.4) is 0 Å². The normalized spacial score (nSPS) is 13.7. The topological polar surface area (TPSA) is 29.5 Å². The summed E-state index contributed by atoms with van der Waals surface area (Å²) in [5.41, 5.74) is 12.0. The molecule has 200 valence electrons. The summed E-state index contributed by atoms with van der Waals surface area (Å²) in [7, 11) is 0. The lowest BCUT2D eigenvalue weighted by Gasteiger charge is -2.29. The number of rotatable bonds is 3. The number of fused-ring (bicyclic) bond motifs is 9. The van der Waals surface area contributed by atoms with Gasteiger partial charge in [-0.1, -0.05) is 92.7 Å². The van der Waals surface area contributed by atoms with E-state index < -0.39 is 0 Å². The van der Waals surface area contributed by atoms with E-state index in [2.05, 4.69) is 122 Å². The molecule has 0 spiro atoms. The van der Waals surface area contributed by atoms with E-state index in [1.807, 2.05) is 24.3 Å². The SMILES string of the molecule is CC1(C)c2ccccc2-c2ccc(N(c3cccc4oc5ccccc5c34)c3cccc4oc5ccccc5c34)cc21. The number of hydrogen-bond donors (Lipinski definition) is 0. The lowest BCUT2D eigenvalue weighted by Crippen LogP contribution is -2.16. The standard InChI is InChI=1S/C39H27NO2/c1-39(2)29-14-6-3-11-25(29)26-22-21-24(23-30(26)39)40(31-15-9-19-35-37(31)27-12-4-7-17-33(27)41-35)32-16-10-20-36-38(32)28-13-5-8-18-34(28)42-36/h3-23H,1-2H3. The molecule has 0 amide bonds. The van der Waals surface area contributed by atoms with E-state index in [-0.39, 0.29) is 5.41 Å². The Morgan fingerprint density at radius 2 is 1.00 bits per heavy atom. The highest BCUT2D eigenvalue weighted by atomic mass is 16.3. The maximum Gasteiger partial charge on any atom is 0.137 e. The Labute approximate surface area is 243 Å². The zero-order valence-electron chi connectivity index (χ0n) is 23.4. The van der Waals surface area contributed by atoms with E-state index in [4.69, 9.17) is 8.83 Å². The first-order valence-electron chi connectivity index (χ1n) is 14.4. The van der Waals surface area contributed by atoms with Crippen molar-refractivity contribution in [2.75, 3.05) is 4.90 Å². The van der Waals surface area contributed by atoms with Crippen molar-refractivity contribution >= 4 is 60.9 Å². The average molecular weight is 542 g/mol. The molecule has 0 atom stereocenters. The van der Waals surface area contributed by atoms with E-state index in [0.29, 0.717) is 0 Å². The van der Waals surface area contributed by atoms with Gasteiger partial charge in [-0.3, -0.25) is 0 Å². The largest absolute Gasteiger partial charge is 0.456 e. The Morgan fingerprint density at radius 1 is 0.476 bits per heavy atom. The van der Waals surface area contributed by atoms with Gasteiger partial charge in [0.05, 0.1) is 22.1 Å². The fourth-order valence-corrected chi connectivity index (χ4v) is 7.12. The molecule has 0 fully saturated rings. The predicted molar refractivity (Wildman–Crippen MR) is 173 cm³/mol. The van der Waals surface area contributed by atoms with Crippen LogP contribution in [-0.4, -0.2) is 0 Å². The molecule has 9 rings (SSSR count). The maximum atomic E-state index is 6.36. The quantitative estimate of drug-likeness (QED) is 0.223. The molecule has 0 saturated heterocycles. The van der Waals surface area contributed by atoms with Crippen molar-refractivity contribution in [2.24, 2.45) is 0 Å². The molecule has 3 nitrogen and oxygen atoms in total. The second-order valence-electron chi connectivity index (χ2n) is 11.7. The van der Waals surface area contributed by atoms with Crippen LogP contribution in [0.2, 0.25) is 0 Å². The van der Waals surface area contributed by atoms with Crippen molar-refractivity contribution < 1.29 is 8.83 Å². The van der Waals surface area contributed by atoms with Gasteiger partial charge in [0.25, 0.3) is 0 Å². The third-order valence-corrected chi connectivity index (χ3v) is 9.07. The molecule has 1 aliphatic carbocycles. The molecular weight excluding hydrogens is 514 g/mol. The minimum absolute atomic E-state index is 0.115. The molecule has 0 radical (unpaired) electrons. The molecule has 0 aliphatic heterocycles. The second kappa shape index (κ2) is 8.37. The van der Waals surface area contributed by atoms with Gasteiger partial charge in [-0.25, -0.2) is 0 Å². The van der Waals surface area contributed by atoms with Crippen molar-refractivity contribution in [3.8, 4) is 11.1 Å². The summed E-state index contributed by atoms with van der Waals surface area (Å²) in [6.45, 7) is 4.67. The molecule has 0 N–H and O–H groups in total. The van der Waals surface area contributed by atoms with E-state index in [9.17, 15) is 0 Å². The summed E-state index contributed by atoms with van der Waals surface area (Å²) in [5.74, 6) is 0. The van der Waals surface area contributed by atoms with E-state index in [1.54, 1.807) is 0 Å². The van der Waals surface area contributed by atoms with Crippen molar-refractivity contribution in [1.29, 1.82) is 0 Å². The summed E-state index contributed by atoms with van der Waals surface area (Å²) in [6.07, 6.45) is 0. The molecule has 2 aromatic heterocycles. The number of benzene rings is 6. The monoisotopic (exact) mass is 541 g/mol. The molecule has 42 heavy (non-hydrogen) atoms. The van der Waals surface area contributed by atoms with Crippen LogP contribution >= 0.6 is 0 Å². The van der Waals surface area contributed by atoms with Crippen molar-refractivity contribution in [3.63, 3.8) is 0 Å². The molecule has 1 aliphatic rings.